The van der Waals surface area contributed by atoms with E-state index in [4.69, 9.17) is 0 Å². The molecule has 8 rings (SSSR count). The summed E-state index contributed by atoms with van der Waals surface area (Å²) >= 11 is 0. The minimum Gasteiger partial charge on any atom is -0.310 e. The molecule has 446 valence electrons. The van der Waals surface area contributed by atoms with Crippen LogP contribution in [-0.2, 0) is 54.7 Å². The fourth-order valence-electron chi connectivity index (χ4n) is 9.08. The number of carbonyl (C=O) groups excluding carboxylic acids is 4. The Morgan fingerprint density at radius 1 is 0.412 bits per heavy atom. The number of sulfone groups is 1. The highest BCUT2D eigenvalue weighted by molar-refractivity contribution is 7.90. The van der Waals surface area contributed by atoms with Gasteiger partial charge in [0.2, 0.25) is 0 Å². The minimum atomic E-state index is -3.19. The zero-order valence-electron chi connectivity index (χ0n) is 50.6. The smallest absolute Gasteiger partial charge is 0.175 e. The van der Waals surface area contributed by atoms with Crippen LogP contribution in [0.1, 0.15) is 66.6 Å². The maximum absolute atomic E-state index is 13.3. The number of pyridine rings is 4. The van der Waals surface area contributed by atoms with Crippen molar-refractivity contribution in [1.29, 1.82) is 0 Å². The van der Waals surface area contributed by atoms with Crippen LogP contribution in [0.4, 0.5) is 8.78 Å². The molecule has 4 heterocycles. The van der Waals surface area contributed by atoms with E-state index < -0.39 is 9.84 Å². The second-order valence-electron chi connectivity index (χ2n) is 21.0. The van der Waals surface area contributed by atoms with Gasteiger partial charge in [-0.05, 0) is 215 Å². The number of aryl methyl sites for hydroxylation is 3. The van der Waals surface area contributed by atoms with E-state index in [2.05, 4.69) is 73.2 Å². The Morgan fingerprint density at radius 2 is 0.729 bits per heavy atom. The van der Waals surface area contributed by atoms with Gasteiger partial charge in [-0.25, -0.2) is 17.2 Å². The van der Waals surface area contributed by atoms with Crippen molar-refractivity contribution in [3.05, 3.63) is 209 Å². The van der Waals surface area contributed by atoms with E-state index in [0.29, 0.717) is 25.7 Å². The normalized spacial score (nSPS) is 12.4. The van der Waals surface area contributed by atoms with Gasteiger partial charge in [0, 0.05) is 53.3 Å². The van der Waals surface area contributed by atoms with Crippen molar-refractivity contribution >= 4 is 33.0 Å². The summed E-state index contributed by atoms with van der Waals surface area (Å²) in [4.78, 5) is 63.7. The Morgan fingerprint density at radius 3 is 1.04 bits per heavy atom. The van der Waals surface area contributed by atoms with E-state index >= 15 is 0 Å². The molecule has 0 saturated carbocycles. The van der Waals surface area contributed by atoms with Gasteiger partial charge in [-0.1, -0.05) is 59.7 Å². The lowest BCUT2D eigenvalue weighted by Gasteiger charge is -2.13. The Hall–Kier alpha value is -8.19. The van der Waals surface area contributed by atoms with Crippen molar-refractivity contribution in [3.8, 4) is 45.0 Å². The number of aromatic nitrogens is 4. The van der Waals surface area contributed by atoms with E-state index in [1.165, 1.54) is 41.6 Å². The van der Waals surface area contributed by atoms with Crippen LogP contribution in [0.2, 0.25) is 0 Å². The van der Waals surface area contributed by atoms with E-state index in [1.807, 2.05) is 68.7 Å². The summed E-state index contributed by atoms with van der Waals surface area (Å²) in [5.74, 6) is -0.0847. The average molecular weight is 1170 g/mol. The molecule has 0 bridgehead atoms. The average Bonchev–Trinajstić information content (AvgIpc) is 3.69. The number of hydrogen-bond donors (Lipinski definition) is 4. The highest BCUT2D eigenvalue weighted by Crippen LogP contribution is 2.25. The predicted octanol–water partition coefficient (Wildman–Crippen LogP) is 10.5. The molecule has 0 fully saturated rings. The first-order chi connectivity index (χ1) is 40.4. The van der Waals surface area contributed by atoms with Crippen LogP contribution in [0.3, 0.4) is 0 Å². The van der Waals surface area contributed by atoms with Crippen molar-refractivity contribution in [2.45, 2.75) is 103 Å². The first-order valence-electron chi connectivity index (χ1n) is 27.8. The maximum atomic E-state index is 13.3. The van der Waals surface area contributed by atoms with Crippen LogP contribution in [0, 0.1) is 32.4 Å². The molecule has 0 aliphatic rings. The lowest BCUT2D eigenvalue weighted by molar-refractivity contribution is -0.119. The van der Waals surface area contributed by atoms with Gasteiger partial charge in [0.15, 0.2) is 9.84 Å². The molecule has 4 N–H and O–H groups in total. The Kier molecular flexibility index (Phi) is 26.0. The molecule has 0 radical (unpaired) electrons. The molecule has 14 nitrogen and oxygen atoms in total. The highest BCUT2D eigenvalue weighted by atomic mass is 32.2. The molecular formula is C68H78F2N8O6S. The van der Waals surface area contributed by atoms with Crippen molar-refractivity contribution in [1.82, 2.24) is 41.2 Å². The number of nitrogens with one attached hydrogen (secondary N) is 4. The monoisotopic (exact) mass is 1170 g/mol. The first kappa shape index (κ1) is 67.6. The fourth-order valence-corrected chi connectivity index (χ4v) is 9.71. The number of ketones is 4. The lowest BCUT2D eigenvalue weighted by atomic mass is 10.0. The van der Waals surface area contributed by atoms with Gasteiger partial charge in [0.1, 0.15) is 34.8 Å². The van der Waals surface area contributed by atoms with Crippen LogP contribution in [0.5, 0.6) is 0 Å². The molecule has 85 heavy (non-hydrogen) atoms. The van der Waals surface area contributed by atoms with Gasteiger partial charge in [0.25, 0.3) is 0 Å². The summed E-state index contributed by atoms with van der Waals surface area (Å²) in [6, 6.07) is 38.7. The number of carbonyl (C=O) groups is 4. The van der Waals surface area contributed by atoms with Crippen LogP contribution in [0.25, 0.3) is 45.0 Å². The SMILES string of the molecule is CN[C@@H](Cc1ccc(-c2cc(C)cc(C)c2)nc1)C(C)=O.CN[C@@H](Cc1ccc(-c2cc(F)ccc2C)nc1)C(C)=O.CN[C@@H](Cc1ccc(-c2ccc(F)cc2)nc1)C(C)=O.CN[C@@H](Cc1ccc(-c2ccc(S(C)(=O)=O)cc2)nc1)C(C)=O. The van der Waals surface area contributed by atoms with Crippen molar-refractivity contribution in [2.24, 2.45) is 0 Å². The quantitative estimate of drug-likeness (QED) is 0.0529. The number of likely N-dealkylation sites (N-methyl/N-ethyl adjacent to an activating group) is 4. The summed E-state index contributed by atoms with van der Waals surface area (Å²) in [6.45, 7) is 12.4. The van der Waals surface area contributed by atoms with Crippen LogP contribution >= 0.6 is 0 Å². The summed E-state index contributed by atoms with van der Waals surface area (Å²) < 4.78 is 49.1. The molecule has 0 spiro atoms. The number of Topliss-reactive ketones (excluding diaryl/α,β-unsaturated/α-hetero) is 4. The van der Waals surface area contributed by atoms with Crippen LogP contribution in [0.15, 0.2) is 163 Å². The molecule has 0 amide bonds. The largest absolute Gasteiger partial charge is 0.310 e. The predicted molar refractivity (Wildman–Crippen MR) is 335 cm³/mol. The third-order valence-electron chi connectivity index (χ3n) is 14.1. The fraction of sp³-hybridized carbons (Fsp3) is 0.294. The van der Waals surface area contributed by atoms with Gasteiger partial charge in [0.05, 0.1) is 51.8 Å². The minimum absolute atomic E-state index is 0.0907. The van der Waals surface area contributed by atoms with Gasteiger partial charge < -0.3 is 21.3 Å². The van der Waals surface area contributed by atoms with Gasteiger partial charge in [-0.15, -0.1) is 0 Å². The lowest BCUT2D eigenvalue weighted by Crippen LogP contribution is -2.34. The van der Waals surface area contributed by atoms with E-state index in [9.17, 15) is 36.4 Å². The van der Waals surface area contributed by atoms with Crippen molar-refractivity contribution in [3.63, 3.8) is 0 Å². The molecule has 0 unspecified atom stereocenters. The van der Waals surface area contributed by atoms with Gasteiger partial charge in [-0.2, -0.15) is 0 Å². The molecule has 4 aromatic carbocycles. The standard InChI is InChI=1S/C18H22N2O.C17H19FN2O.C17H20N2O3S.C16H17FN2O/c1-12-7-13(2)9-16(8-12)17-6-5-15(11-20-17)10-18(19-4)14(3)21;1-11-4-6-14(18)9-15(11)16-7-5-13(10-20-16)8-17(19-3)12(2)21;1-12(20)17(18-2)10-13-4-9-16(19-11-13)14-5-7-15(8-6-14)23(3,21)22;1-11(20)16(18-2)9-12-3-8-15(19-10-12)13-4-6-14(17)7-5-13/h5-9,11,18-19H,10H2,1-4H3;4-7,9-10,17,19H,8H2,1-3H3;4-9,11,17-18H,10H2,1-3H3;3-8,10,16,18H,9H2,1-2H3/t18-;2*17-;16-/m0000/s1. The second-order valence-corrected chi connectivity index (χ2v) is 23.0. The molecule has 0 aliphatic carbocycles. The number of nitrogens with zero attached hydrogens (tertiary/aromatic N) is 4. The van der Waals surface area contributed by atoms with Gasteiger partial charge in [-0.3, -0.25) is 39.1 Å². The zero-order chi connectivity index (χ0) is 62.4. The topological polar surface area (TPSA) is 202 Å². The van der Waals surface area contributed by atoms with E-state index in [-0.39, 0.29) is 63.8 Å². The van der Waals surface area contributed by atoms with Crippen molar-refractivity contribution < 1.29 is 36.4 Å². The Bertz CT molecular complexity index is 3570. The van der Waals surface area contributed by atoms with Crippen LogP contribution < -0.4 is 21.3 Å². The van der Waals surface area contributed by atoms with Gasteiger partial charge >= 0.3 is 0 Å². The number of hydrogen-bond acceptors (Lipinski definition) is 14. The first-order valence-corrected chi connectivity index (χ1v) is 29.7. The third-order valence-corrected chi connectivity index (χ3v) is 15.3. The summed E-state index contributed by atoms with van der Waals surface area (Å²) in [7, 11) is 3.92. The van der Waals surface area contributed by atoms with E-state index in [1.54, 1.807) is 110 Å². The molecule has 4 aromatic heterocycles. The molecule has 4 atom stereocenters. The molecule has 0 saturated heterocycles. The highest BCUT2D eigenvalue weighted by Gasteiger charge is 2.17. The second kappa shape index (κ2) is 32.8. The Labute approximate surface area is 499 Å². The molecule has 17 heteroatoms. The molecule has 0 aliphatic heterocycles. The molecular weight excluding hydrogens is 1090 g/mol. The maximum Gasteiger partial charge on any atom is 0.175 e. The summed E-state index contributed by atoms with van der Waals surface area (Å²) in [6.07, 6.45) is 10.8. The Balaban J connectivity index is 0.000000207. The third kappa shape index (κ3) is 21.4. The summed E-state index contributed by atoms with van der Waals surface area (Å²) in [5, 5.41) is 12.0. The molecule has 8 aromatic rings. The zero-order valence-corrected chi connectivity index (χ0v) is 51.4. The number of benzene rings is 4. The van der Waals surface area contributed by atoms with Crippen molar-refractivity contribution in [2.75, 3.05) is 34.4 Å². The van der Waals surface area contributed by atoms with Crippen LogP contribution in [-0.4, -0.2) is 110 Å². The number of halogens is 2. The van der Waals surface area contributed by atoms with E-state index in [0.717, 1.165) is 72.8 Å². The number of rotatable bonds is 21. The summed E-state index contributed by atoms with van der Waals surface area (Å²) in [5.41, 5.74) is 14.4.